The first kappa shape index (κ1) is 23.1. The van der Waals surface area contributed by atoms with Crippen LogP contribution in [-0.2, 0) is 30.5 Å². The van der Waals surface area contributed by atoms with Gasteiger partial charge in [0.1, 0.15) is 0 Å². The van der Waals surface area contributed by atoms with Crippen LogP contribution >= 0.6 is 0 Å². The Labute approximate surface area is 167 Å². The highest BCUT2D eigenvalue weighted by Crippen LogP contribution is 2.30. The fourth-order valence-electron chi connectivity index (χ4n) is 2.95. The Bertz CT molecular complexity index is 817. The van der Waals surface area contributed by atoms with Crippen LogP contribution in [0.5, 0.6) is 0 Å². The molecule has 0 N–H and O–H groups in total. The highest BCUT2D eigenvalue weighted by atomic mass is 32.2. The number of methoxy groups -OCH3 is 1. The van der Waals surface area contributed by atoms with E-state index in [-0.39, 0.29) is 55.8 Å². The van der Waals surface area contributed by atoms with E-state index in [1.54, 1.807) is 4.90 Å². The number of halogens is 3. The summed E-state index contributed by atoms with van der Waals surface area (Å²) in [6.45, 7) is 0.542. The van der Waals surface area contributed by atoms with Gasteiger partial charge in [-0.25, -0.2) is 8.42 Å². The molecule has 0 bridgehead atoms. The van der Waals surface area contributed by atoms with Crippen molar-refractivity contribution in [3.05, 3.63) is 29.8 Å². The molecule has 0 spiro atoms. The van der Waals surface area contributed by atoms with E-state index in [1.807, 2.05) is 0 Å². The van der Waals surface area contributed by atoms with Crippen molar-refractivity contribution in [2.75, 3.05) is 33.3 Å². The van der Waals surface area contributed by atoms with Crippen LogP contribution in [0.3, 0.4) is 0 Å². The molecule has 1 heterocycles. The summed E-state index contributed by atoms with van der Waals surface area (Å²) in [5, 5.41) is 0. The van der Waals surface area contributed by atoms with Gasteiger partial charge in [-0.15, -0.1) is 0 Å². The number of amides is 1. The Morgan fingerprint density at radius 2 is 1.55 bits per heavy atom. The second-order valence-electron chi connectivity index (χ2n) is 6.59. The third-order valence-corrected chi connectivity index (χ3v) is 6.57. The van der Waals surface area contributed by atoms with Gasteiger partial charge in [-0.3, -0.25) is 9.59 Å². The van der Waals surface area contributed by atoms with Crippen LogP contribution in [0, 0.1) is 0 Å². The van der Waals surface area contributed by atoms with Crippen LogP contribution in [-0.4, -0.2) is 62.8 Å². The third kappa shape index (κ3) is 6.17. The zero-order valence-electron chi connectivity index (χ0n) is 15.9. The van der Waals surface area contributed by atoms with Crippen molar-refractivity contribution in [1.29, 1.82) is 0 Å². The molecular formula is C18H23F3N2O5S. The number of rotatable bonds is 7. The van der Waals surface area contributed by atoms with Crippen LogP contribution in [0.2, 0.25) is 0 Å². The summed E-state index contributed by atoms with van der Waals surface area (Å²) in [6.07, 6.45) is -2.99. The Balaban J connectivity index is 1.87. The molecule has 2 rings (SSSR count). The predicted molar refractivity (Wildman–Crippen MR) is 97.3 cm³/mol. The summed E-state index contributed by atoms with van der Waals surface area (Å²) in [7, 11) is -2.63. The summed E-state index contributed by atoms with van der Waals surface area (Å²) >= 11 is 0. The smallest absolute Gasteiger partial charge is 0.416 e. The molecule has 1 aliphatic heterocycles. The van der Waals surface area contributed by atoms with Crippen molar-refractivity contribution in [2.24, 2.45) is 0 Å². The van der Waals surface area contributed by atoms with Crippen molar-refractivity contribution in [3.63, 3.8) is 0 Å². The van der Waals surface area contributed by atoms with Gasteiger partial charge in [0.15, 0.2) is 0 Å². The van der Waals surface area contributed by atoms with Crippen LogP contribution in [0.4, 0.5) is 13.2 Å². The normalized spacial score (nSPS) is 15.9. The Morgan fingerprint density at radius 3 is 2.07 bits per heavy atom. The average Bonchev–Trinajstić information content (AvgIpc) is 2.70. The number of alkyl halides is 3. The molecule has 29 heavy (non-hydrogen) atoms. The fourth-order valence-corrected chi connectivity index (χ4v) is 4.37. The maximum atomic E-state index is 12.6. The minimum atomic E-state index is -4.54. The number of esters is 1. The standard InChI is InChI=1S/C18H23F3N2O5S/c1-28-17(25)5-3-2-4-16(24)22-10-12-23(13-11-22)29(26,27)15-8-6-14(7-9-15)18(19,20)21/h6-9H,2-5,10-13H2,1H3. The van der Waals surface area contributed by atoms with Gasteiger partial charge in [0, 0.05) is 39.0 Å². The first-order chi connectivity index (χ1) is 13.6. The quantitative estimate of drug-likeness (QED) is 0.484. The molecule has 0 atom stereocenters. The molecule has 11 heteroatoms. The molecular weight excluding hydrogens is 413 g/mol. The van der Waals surface area contributed by atoms with E-state index >= 15 is 0 Å². The minimum absolute atomic E-state index is 0.0667. The molecule has 7 nitrogen and oxygen atoms in total. The molecule has 0 saturated carbocycles. The zero-order chi connectivity index (χ0) is 21.7. The van der Waals surface area contributed by atoms with Crippen molar-refractivity contribution in [2.45, 2.75) is 36.8 Å². The van der Waals surface area contributed by atoms with Crippen molar-refractivity contribution >= 4 is 21.9 Å². The number of ether oxygens (including phenoxy) is 1. The SMILES string of the molecule is COC(=O)CCCCC(=O)N1CCN(S(=O)(=O)c2ccc(C(F)(F)F)cc2)CC1. The lowest BCUT2D eigenvalue weighted by Gasteiger charge is -2.34. The fraction of sp³-hybridized carbons (Fsp3) is 0.556. The lowest BCUT2D eigenvalue weighted by Crippen LogP contribution is -2.50. The van der Waals surface area contributed by atoms with E-state index in [0.717, 1.165) is 28.6 Å². The van der Waals surface area contributed by atoms with Crippen molar-refractivity contribution in [1.82, 2.24) is 9.21 Å². The number of nitrogens with zero attached hydrogens (tertiary/aromatic N) is 2. The Kier molecular flexibility index (Phi) is 7.64. The first-order valence-corrected chi connectivity index (χ1v) is 10.5. The highest BCUT2D eigenvalue weighted by molar-refractivity contribution is 7.89. The predicted octanol–water partition coefficient (Wildman–Crippen LogP) is 2.27. The summed E-state index contributed by atoms with van der Waals surface area (Å²) in [5.41, 5.74) is -0.918. The van der Waals surface area contributed by atoms with Crippen LogP contribution in [0.25, 0.3) is 0 Å². The largest absolute Gasteiger partial charge is 0.469 e. The molecule has 1 fully saturated rings. The van der Waals surface area contributed by atoms with Gasteiger partial charge in [0.2, 0.25) is 15.9 Å². The van der Waals surface area contributed by atoms with Gasteiger partial charge in [0.05, 0.1) is 17.6 Å². The lowest BCUT2D eigenvalue weighted by atomic mass is 10.1. The van der Waals surface area contributed by atoms with E-state index in [4.69, 9.17) is 0 Å². The number of benzene rings is 1. The van der Waals surface area contributed by atoms with E-state index < -0.39 is 21.8 Å². The van der Waals surface area contributed by atoms with Crippen molar-refractivity contribution in [3.8, 4) is 0 Å². The molecule has 0 unspecified atom stereocenters. The first-order valence-electron chi connectivity index (χ1n) is 9.07. The Hall–Kier alpha value is -2.14. The Morgan fingerprint density at radius 1 is 1.00 bits per heavy atom. The number of carbonyl (C=O) groups is 2. The molecule has 1 saturated heterocycles. The van der Waals surface area contributed by atoms with Gasteiger partial charge in [-0.2, -0.15) is 17.5 Å². The summed E-state index contributed by atoms with van der Waals surface area (Å²) in [5.74, 6) is -0.457. The molecule has 1 aliphatic rings. The van der Waals surface area contributed by atoms with E-state index in [9.17, 15) is 31.2 Å². The molecule has 1 aromatic carbocycles. The molecule has 0 aliphatic carbocycles. The van der Waals surface area contributed by atoms with Crippen molar-refractivity contribution < 1.29 is 35.9 Å². The van der Waals surface area contributed by atoms with E-state index in [0.29, 0.717) is 12.8 Å². The molecule has 162 valence electrons. The number of piperazine rings is 1. The second kappa shape index (κ2) is 9.57. The topological polar surface area (TPSA) is 84.0 Å². The maximum Gasteiger partial charge on any atom is 0.416 e. The van der Waals surface area contributed by atoms with Gasteiger partial charge in [0.25, 0.3) is 0 Å². The van der Waals surface area contributed by atoms with Crippen LogP contribution < -0.4 is 0 Å². The number of sulfonamides is 1. The zero-order valence-corrected chi connectivity index (χ0v) is 16.8. The summed E-state index contributed by atoms with van der Waals surface area (Å²) in [4.78, 5) is 24.6. The summed E-state index contributed by atoms with van der Waals surface area (Å²) < 4.78 is 68.9. The molecule has 1 amide bonds. The number of carbonyl (C=O) groups excluding carboxylic acids is 2. The highest BCUT2D eigenvalue weighted by Gasteiger charge is 2.33. The number of unbranched alkanes of at least 4 members (excludes halogenated alkanes) is 1. The van der Waals surface area contributed by atoms with Crippen LogP contribution in [0.15, 0.2) is 29.2 Å². The summed E-state index contributed by atoms with van der Waals surface area (Å²) in [6, 6.07) is 3.36. The molecule has 0 aromatic heterocycles. The second-order valence-corrected chi connectivity index (χ2v) is 8.53. The average molecular weight is 436 g/mol. The lowest BCUT2D eigenvalue weighted by molar-refractivity contribution is -0.141. The third-order valence-electron chi connectivity index (χ3n) is 4.66. The van der Waals surface area contributed by atoms with E-state index in [1.165, 1.54) is 7.11 Å². The maximum absolute atomic E-state index is 12.6. The van der Waals surface area contributed by atoms with Gasteiger partial charge in [-0.05, 0) is 37.1 Å². The van der Waals surface area contributed by atoms with E-state index in [2.05, 4.69) is 4.74 Å². The molecule has 0 radical (unpaired) electrons. The number of hydrogen-bond donors (Lipinski definition) is 0. The van der Waals surface area contributed by atoms with Gasteiger partial charge < -0.3 is 9.64 Å². The minimum Gasteiger partial charge on any atom is -0.469 e. The van der Waals surface area contributed by atoms with Crippen LogP contribution in [0.1, 0.15) is 31.2 Å². The van der Waals surface area contributed by atoms with Gasteiger partial charge >= 0.3 is 12.1 Å². The monoisotopic (exact) mass is 436 g/mol. The number of hydrogen-bond acceptors (Lipinski definition) is 5. The van der Waals surface area contributed by atoms with Gasteiger partial charge in [-0.1, -0.05) is 0 Å². The molecule has 1 aromatic rings.